The standard InChI is InChI=1S/C15H24ClN/c1-12(2)8-6-7-11-17-13(3)14-9-4-5-10-15(14)16/h4-5,9-10,12-13,17H,6-8,11H2,1-3H3. The zero-order valence-corrected chi connectivity index (χ0v) is 11.9. The predicted octanol–water partition coefficient (Wildman–Crippen LogP) is 4.82. The largest absolute Gasteiger partial charge is 0.310 e. The Labute approximate surface area is 111 Å². The molecule has 0 aliphatic carbocycles. The summed E-state index contributed by atoms with van der Waals surface area (Å²) in [6.45, 7) is 7.79. The molecule has 0 saturated carbocycles. The Morgan fingerprint density at radius 2 is 1.82 bits per heavy atom. The summed E-state index contributed by atoms with van der Waals surface area (Å²) in [5.74, 6) is 0.816. The van der Waals surface area contributed by atoms with Gasteiger partial charge in [0.1, 0.15) is 0 Å². The molecule has 1 nitrogen and oxygen atoms in total. The monoisotopic (exact) mass is 253 g/mol. The van der Waals surface area contributed by atoms with Gasteiger partial charge >= 0.3 is 0 Å². The molecule has 1 atom stereocenters. The van der Waals surface area contributed by atoms with Crippen LogP contribution in [0.15, 0.2) is 24.3 Å². The first-order chi connectivity index (χ1) is 8.11. The second kappa shape index (κ2) is 7.73. The fraction of sp³-hybridized carbons (Fsp3) is 0.600. The molecule has 0 aliphatic rings. The number of halogens is 1. The lowest BCUT2D eigenvalue weighted by atomic mass is 10.1. The number of nitrogens with one attached hydrogen (secondary N) is 1. The van der Waals surface area contributed by atoms with Crippen molar-refractivity contribution >= 4 is 11.6 Å². The average Bonchev–Trinajstić information content (AvgIpc) is 2.28. The molecule has 96 valence electrons. The number of benzene rings is 1. The van der Waals surface area contributed by atoms with E-state index in [1.165, 1.54) is 24.8 Å². The maximum Gasteiger partial charge on any atom is 0.0453 e. The van der Waals surface area contributed by atoms with Crippen LogP contribution in [0.1, 0.15) is 51.6 Å². The number of rotatable bonds is 7. The van der Waals surface area contributed by atoms with Gasteiger partial charge in [0.2, 0.25) is 0 Å². The van der Waals surface area contributed by atoms with Crippen LogP contribution in [0.2, 0.25) is 5.02 Å². The first kappa shape index (κ1) is 14.5. The Morgan fingerprint density at radius 1 is 1.12 bits per heavy atom. The molecular formula is C15H24ClN. The van der Waals surface area contributed by atoms with Crippen LogP contribution in [0.25, 0.3) is 0 Å². The van der Waals surface area contributed by atoms with Crippen LogP contribution in [0.5, 0.6) is 0 Å². The number of hydrogen-bond donors (Lipinski definition) is 1. The second-order valence-corrected chi connectivity index (χ2v) is 5.49. The summed E-state index contributed by atoms with van der Waals surface area (Å²) in [4.78, 5) is 0. The van der Waals surface area contributed by atoms with Gasteiger partial charge in [-0.2, -0.15) is 0 Å². The van der Waals surface area contributed by atoms with Crippen molar-refractivity contribution in [3.8, 4) is 0 Å². The van der Waals surface area contributed by atoms with E-state index < -0.39 is 0 Å². The van der Waals surface area contributed by atoms with Crippen molar-refractivity contribution in [2.75, 3.05) is 6.54 Å². The van der Waals surface area contributed by atoms with E-state index >= 15 is 0 Å². The van der Waals surface area contributed by atoms with E-state index in [1.54, 1.807) is 0 Å². The van der Waals surface area contributed by atoms with E-state index in [1.807, 2.05) is 18.2 Å². The predicted molar refractivity (Wildman–Crippen MR) is 76.6 cm³/mol. The smallest absolute Gasteiger partial charge is 0.0453 e. The summed E-state index contributed by atoms with van der Waals surface area (Å²) in [6.07, 6.45) is 3.87. The van der Waals surface area contributed by atoms with E-state index in [2.05, 4.69) is 32.2 Å². The average molecular weight is 254 g/mol. The van der Waals surface area contributed by atoms with Crippen molar-refractivity contribution in [1.82, 2.24) is 5.32 Å². The quantitative estimate of drug-likeness (QED) is 0.687. The maximum atomic E-state index is 6.16. The van der Waals surface area contributed by atoms with Gasteiger partial charge in [-0.3, -0.25) is 0 Å². The highest BCUT2D eigenvalue weighted by molar-refractivity contribution is 6.31. The van der Waals surface area contributed by atoms with Crippen molar-refractivity contribution in [3.63, 3.8) is 0 Å². The van der Waals surface area contributed by atoms with Crippen molar-refractivity contribution in [2.24, 2.45) is 5.92 Å². The third-order valence-corrected chi connectivity index (χ3v) is 3.37. The summed E-state index contributed by atoms with van der Waals surface area (Å²) < 4.78 is 0. The zero-order chi connectivity index (χ0) is 12.7. The summed E-state index contributed by atoms with van der Waals surface area (Å²) >= 11 is 6.16. The van der Waals surface area contributed by atoms with Gasteiger partial charge in [0, 0.05) is 11.1 Å². The van der Waals surface area contributed by atoms with Gasteiger partial charge in [-0.15, -0.1) is 0 Å². The van der Waals surface area contributed by atoms with Gasteiger partial charge in [0.05, 0.1) is 0 Å². The van der Waals surface area contributed by atoms with E-state index in [4.69, 9.17) is 11.6 Å². The van der Waals surface area contributed by atoms with Crippen LogP contribution in [-0.2, 0) is 0 Å². The summed E-state index contributed by atoms with van der Waals surface area (Å²) in [6, 6.07) is 8.39. The van der Waals surface area contributed by atoms with E-state index in [-0.39, 0.29) is 0 Å². The molecule has 0 fully saturated rings. The SMILES string of the molecule is CC(C)CCCCNC(C)c1ccccc1Cl. The van der Waals surface area contributed by atoms with Crippen molar-refractivity contribution < 1.29 is 0 Å². The Morgan fingerprint density at radius 3 is 2.47 bits per heavy atom. The highest BCUT2D eigenvalue weighted by Crippen LogP contribution is 2.22. The Balaban J connectivity index is 2.26. The van der Waals surface area contributed by atoms with Gasteiger partial charge in [-0.1, -0.05) is 56.5 Å². The zero-order valence-electron chi connectivity index (χ0n) is 11.2. The maximum absolute atomic E-state index is 6.16. The van der Waals surface area contributed by atoms with Gasteiger partial charge in [0.15, 0.2) is 0 Å². The van der Waals surface area contributed by atoms with Crippen molar-refractivity contribution in [2.45, 2.75) is 46.1 Å². The van der Waals surface area contributed by atoms with E-state index in [0.717, 1.165) is 17.5 Å². The molecule has 0 aromatic heterocycles. The summed E-state index contributed by atoms with van der Waals surface area (Å²) in [5, 5.41) is 4.39. The van der Waals surface area contributed by atoms with Crippen LogP contribution in [0, 0.1) is 5.92 Å². The van der Waals surface area contributed by atoms with Crippen LogP contribution < -0.4 is 5.32 Å². The van der Waals surface area contributed by atoms with Gasteiger partial charge in [0.25, 0.3) is 0 Å². The minimum atomic E-state index is 0.336. The fourth-order valence-corrected chi connectivity index (χ4v) is 2.23. The minimum Gasteiger partial charge on any atom is -0.310 e. The van der Waals surface area contributed by atoms with Gasteiger partial charge in [-0.05, 0) is 37.4 Å². The third kappa shape index (κ3) is 5.56. The molecule has 0 radical (unpaired) electrons. The molecule has 1 aromatic carbocycles. The van der Waals surface area contributed by atoms with Crippen molar-refractivity contribution in [1.29, 1.82) is 0 Å². The molecule has 0 spiro atoms. The van der Waals surface area contributed by atoms with Gasteiger partial charge < -0.3 is 5.32 Å². The Kier molecular flexibility index (Phi) is 6.61. The molecule has 1 unspecified atom stereocenters. The van der Waals surface area contributed by atoms with Crippen LogP contribution in [0.4, 0.5) is 0 Å². The first-order valence-electron chi connectivity index (χ1n) is 6.59. The molecule has 0 heterocycles. The highest BCUT2D eigenvalue weighted by atomic mass is 35.5. The molecule has 2 heteroatoms. The topological polar surface area (TPSA) is 12.0 Å². The fourth-order valence-electron chi connectivity index (χ4n) is 1.93. The van der Waals surface area contributed by atoms with Crippen LogP contribution in [-0.4, -0.2) is 6.54 Å². The molecule has 0 saturated heterocycles. The molecular weight excluding hydrogens is 230 g/mol. The second-order valence-electron chi connectivity index (χ2n) is 5.09. The van der Waals surface area contributed by atoms with Gasteiger partial charge in [-0.25, -0.2) is 0 Å². The van der Waals surface area contributed by atoms with E-state index in [0.29, 0.717) is 6.04 Å². The van der Waals surface area contributed by atoms with Crippen molar-refractivity contribution in [3.05, 3.63) is 34.9 Å². The first-order valence-corrected chi connectivity index (χ1v) is 6.97. The van der Waals surface area contributed by atoms with Crippen LogP contribution in [0.3, 0.4) is 0 Å². The molecule has 1 rings (SSSR count). The molecule has 0 bridgehead atoms. The lowest BCUT2D eigenvalue weighted by Gasteiger charge is -2.15. The minimum absolute atomic E-state index is 0.336. The molecule has 0 aliphatic heterocycles. The lowest BCUT2D eigenvalue weighted by molar-refractivity contribution is 0.498. The number of hydrogen-bond acceptors (Lipinski definition) is 1. The van der Waals surface area contributed by atoms with E-state index in [9.17, 15) is 0 Å². The molecule has 0 amide bonds. The summed E-state index contributed by atoms with van der Waals surface area (Å²) in [5.41, 5.74) is 1.19. The molecule has 1 N–H and O–H groups in total. The highest BCUT2D eigenvalue weighted by Gasteiger charge is 2.07. The molecule has 1 aromatic rings. The number of unbranched alkanes of at least 4 members (excludes halogenated alkanes) is 1. The lowest BCUT2D eigenvalue weighted by Crippen LogP contribution is -2.20. The Bertz CT molecular complexity index is 322. The Hall–Kier alpha value is -0.530. The third-order valence-electron chi connectivity index (χ3n) is 3.03. The van der Waals surface area contributed by atoms with Crippen LogP contribution >= 0.6 is 11.6 Å². The molecule has 17 heavy (non-hydrogen) atoms. The normalized spacial score (nSPS) is 13.0. The summed E-state index contributed by atoms with van der Waals surface area (Å²) in [7, 11) is 0.